The Kier molecular flexibility index (Phi) is 4.60. The third-order valence-electron chi connectivity index (χ3n) is 1.44. The minimum absolute atomic E-state index is 0.0199. The van der Waals surface area contributed by atoms with Gasteiger partial charge in [-0.05, 0) is 23.9 Å². The van der Waals surface area contributed by atoms with E-state index in [0.717, 1.165) is 0 Å². The van der Waals surface area contributed by atoms with Gasteiger partial charge in [0, 0.05) is 5.75 Å². The van der Waals surface area contributed by atoms with Gasteiger partial charge in [0.25, 0.3) is 0 Å². The van der Waals surface area contributed by atoms with Gasteiger partial charge in [-0.1, -0.05) is 23.7 Å². The molecule has 1 rings (SSSR count). The van der Waals surface area contributed by atoms with Crippen LogP contribution in [0.2, 0.25) is 5.02 Å². The van der Waals surface area contributed by atoms with Crippen LogP contribution in [0.15, 0.2) is 24.3 Å². The molecular formula is C9H8ClF3OS. The van der Waals surface area contributed by atoms with E-state index in [1.54, 1.807) is 24.3 Å². The standard InChI is InChI=1S/C9H8ClF3OS/c10-7-3-1-2-4-8(7)14-5-6-15-9(11,12)13/h1-4H,5-6H2. The molecule has 0 N–H and O–H groups in total. The zero-order valence-corrected chi connectivity index (χ0v) is 9.12. The summed E-state index contributed by atoms with van der Waals surface area (Å²) in [6.07, 6.45) is 0. The van der Waals surface area contributed by atoms with Gasteiger partial charge in [0.1, 0.15) is 5.75 Å². The van der Waals surface area contributed by atoms with Crippen molar-refractivity contribution in [1.82, 2.24) is 0 Å². The quantitative estimate of drug-likeness (QED) is 0.754. The van der Waals surface area contributed by atoms with Gasteiger partial charge in [0.15, 0.2) is 0 Å². The molecule has 0 aliphatic heterocycles. The maximum absolute atomic E-state index is 11.7. The summed E-state index contributed by atoms with van der Waals surface area (Å²) >= 11 is 5.63. The van der Waals surface area contributed by atoms with Crippen LogP contribution in [0.1, 0.15) is 0 Å². The van der Waals surface area contributed by atoms with E-state index in [2.05, 4.69) is 0 Å². The summed E-state index contributed by atoms with van der Waals surface area (Å²) in [5, 5.41) is 0.398. The number of benzene rings is 1. The second-order valence-corrected chi connectivity index (χ2v) is 4.14. The summed E-state index contributed by atoms with van der Waals surface area (Å²) in [5.41, 5.74) is -4.20. The topological polar surface area (TPSA) is 9.23 Å². The molecule has 0 bridgehead atoms. The van der Waals surface area contributed by atoms with Gasteiger partial charge in [0.2, 0.25) is 0 Å². The highest BCUT2D eigenvalue weighted by molar-refractivity contribution is 8.00. The molecule has 0 aliphatic carbocycles. The van der Waals surface area contributed by atoms with Crippen molar-refractivity contribution in [1.29, 1.82) is 0 Å². The van der Waals surface area contributed by atoms with Crippen molar-refractivity contribution < 1.29 is 17.9 Å². The predicted molar refractivity (Wildman–Crippen MR) is 55.5 cm³/mol. The first kappa shape index (κ1) is 12.5. The summed E-state index contributed by atoms with van der Waals surface area (Å²) in [7, 11) is 0. The van der Waals surface area contributed by atoms with Gasteiger partial charge < -0.3 is 4.74 Å². The van der Waals surface area contributed by atoms with E-state index in [0.29, 0.717) is 10.8 Å². The van der Waals surface area contributed by atoms with Crippen molar-refractivity contribution >= 4 is 23.4 Å². The smallest absolute Gasteiger partial charge is 0.441 e. The zero-order chi connectivity index (χ0) is 11.3. The van der Waals surface area contributed by atoms with Crippen LogP contribution < -0.4 is 4.74 Å². The first-order chi connectivity index (χ1) is 6.99. The Morgan fingerprint density at radius 2 is 1.93 bits per heavy atom. The summed E-state index contributed by atoms with van der Waals surface area (Å²) in [6, 6.07) is 6.66. The molecule has 15 heavy (non-hydrogen) atoms. The predicted octanol–water partition coefficient (Wildman–Crippen LogP) is 3.97. The van der Waals surface area contributed by atoms with Gasteiger partial charge in [0.05, 0.1) is 11.6 Å². The molecule has 0 aromatic heterocycles. The maximum Gasteiger partial charge on any atom is 0.441 e. The van der Waals surface area contributed by atoms with E-state index in [1.807, 2.05) is 0 Å². The second-order valence-electron chi connectivity index (χ2n) is 2.57. The van der Waals surface area contributed by atoms with Crippen molar-refractivity contribution in [3.05, 3.63) is 29.3 Å². The van der Waals surface area contributed by atoms with Crippen LogP contribution in [-0.4, -0.2) is 17.9 Å². The Morgan fingerprint density at radius 3 is 2.53 bits per heavy atom. The van der Waals surface area contributed by atoms with E-state index in [-0.39, 0.29) is 24.1 Å². The van der Waals surface area contributed by atoms with Crippen LogP contribution in [0, 0.1) is 0 Å². The van der Waals surface area contributed by atoms with Crippen LogP contribution in [0.3, 0.4) is 0 Å². The third-order valence-corrected chi connectivity index (χ3v) is 2.45. The molecule has 0 aliphatic rings. The van der Waals surface area contributed by atoms with Crippen LogP contribution in [0.4, 0.5) is 13.2 Å². The van der Waals surface area contributed by atoms with Crippen molar-refractivity contribution in [2.45, 2.75) is 5.51 Å². The average Bonchev–Trinajstić information content (AvgIpc) is 2.13. The highest BCUT2D eigenvalue weighted by Crippen LogP contribution is 2.30. The second kappa shape index (κ2) is 5.51. The fraction of sp³-hybridized carbons (Fsp3) is 0.333. The number of para-hydroxylation sites is 1. The van der Waals surface area contributed by atoms with Crippen LogP contribution in [0.25, 0.3) is 0 Å². The zero-order valence-electron chi connectivity index (χ0n) is 7.55. The molecule has 1 nitrogen and oxygen atoms in total. The molecule has 0 saturated heterocycles. The largest absolute Gasteiger partial charge is 0.491 e. The Bertz CT molecular complexity index is 316. The van der Waals surface area contributed by atoms with E-state index in [4.69, 9.17) is 16.3 Å². The Morgan fingerprint density at radius 1 is 1.27 bits per heavy atom. The number of thioether (sulfide) groups is 1. The number of hydrogen-bond acceptors (Lipinski definition) is 2. The van der Waals surface area contributed by atoms with Crippen molar-refractivity contribution in [3.63, 3.8) is 0 Å². The minimum Gasteiger partial charge on any atom is -0.491 e. The van der Waals surface area contributed by atoms with Gasteiger partial charge in [-0.25, -0.2) is 0 Å². The molecule has 0 amide bonds. The van der Waals surface area contributed by atoms with Gasteiger partial charge in [-0.3, -0.25) is 0 Å². The molecule has 1 aromatic carbocycles. The van der Waals surface area contributed by atoms with Crippen molar-refractivity contribution in [2.24, 2.45) is 0 Å². The molecule has 0 fully saturated rings. The average molecular weight is 257 g/mol. The number of alkyl halides is 3. The number of rotatable bonds is 4. The Balaban J connectivity index is 2.30. The SMILES string of the molecule is FC(F)(F)SCCOc1ccccc1Cl. The maximum atomic E-state index is 11.7. The molecule has 1 aromatic rings. The summed E-state index contributed by atoms with van der Waals surface area (Å²) in [6.45, 7) is -0.0199. The molecule has 0 saturated carbocycles. The number of halogens is 4. The third kappa shape index (κ3) is 5.18. The molecule has 0 spiro atoms. The molecule has 0 heterocycles. The van der Waals surface area contributed by atoms with Gasteiger partial charge in [-0.2, -0.15) is 13.2 Å². The van der Waals surface area contributed by atoms with E-state index >= 15 is 0 Å². The minimum atomic E-state index is -4.20. The van der Waals surface area contributed by atoms with Crippen LogP contribution in [-0.2, 0) is 0 Å². The molecule has 0 radical (unpaired) electrons. The van der Waals surface area contributed by atoms with E-state index in [9.17, 15) is 13.2 Å². The highest BCUT2D eigenvalue weighted by atomic mass is 35.5. The van der Waals surface area contributed by atoms with E-state index in [1.165, 1.54) is 0 Å². The van der Waals surface area contributed by atoms with E-state index < -0.39 is 5.51 Å². The molecular weight excluding hydrogens is 249 g/mol. The molecule has 6 heteroatoms. The molecule has 84 valence electrons. The summed E-state index contributed by atoms with van der Waals surface area (Å²) < 4.78 is 40.3. The molecule has 0 atom stereocenters. The first-order valence-electron chi connectivity index (χ1n) is 4.07. The lowest BCUT2D eigenvalue weighted by Gasteiger charge is -2.08. The highest BCUT2D eigenvalue weighted by Gasteiger charge is 2.27. The monoisotopic (exact) mass is 256 g/mol. The van der Waals surface area contributed by atoms with Gasteiger partial charge >= 0.3 is 5.51 Å². The Labute approximate surface area is 94.6 Å². The number of hydrogen-bond donors (Lipinski definition) is 0. The van der Waals surface area contributed by atoms with Crippen LogP contribution in [0.5, 0.6) is 5.75 Å². The first-order valence-corrected chi connectivity index (χ1v) is 5.43. The lowest BCUT2D eigenvalue weighted by atomic mass is 10.3. The summed E-state index contributed by atoms with van der Waals surface area (Å²) in [4.78, 5) is 0. The van der Waals surface area contributed by atoms with Crippen LogP contribution >= 0.6 is 23.4 Å². The van der Waals surface area contributed by atoms with Gasteiger partial charge in [-0.15, -0.1) is 0 Å². The molecule has 0 unspecified atom stereocenters. The fourth-order valence-electron chi connectivity index (χ4n) is 0.871. The summed E-state index contributed by atoms with van der Waals surface area (Å²) in [5.74, 6) is 0.260. The van der Waals surface area contributed by atoms with Crippen molar-refractivity contribution in [2.75, 3.05) is 12.4 Å². The number of ether oxygens (including phenoxy) is 1. The Hall–Kier alpha value is -0.550. The normalized spacial score (nSPS) is 11.5. The lowest BCUT2D eigenvalue weighted by Crippen LogP contribution is -2.07. The fourth-order valence-corrected chi connectivity index (χ4v) is 1.46. The van der Waals surface area contributed by atoms with Crippen molar-refractivity contribution in [3.8, 4) is 5.75 Å². The lowest BCUT2D eigenvalue weighted by molar-refractivity contribution is -0.0329.